The van der Waals surface area contributed by atoms with Crippen molar-refractivity contribution in [1.82, 2.24) is 10.2 Å². The molecule has 5 nitrogen and oxygen atoms in total. The summed E-state index contributed by atoms with van der Waals surface area (Å²) in [5.41, 5.74) is -0.437. The monoisotopic (exact) mass is 272 g/mol. The normalized spacial score (nSPS) is 33.2. The molecule has 2 N–H and O–H groups in total. The Labute approximate surface area is 111 Å². The number of carbonyl (C=O) groups is 2. The van der Waals surface area contributed by atoms with Crippen LogP contribution in [0.4, 0.5) is 0 Å². The number of aliphatic carboxylic acids is 1. The van der Waals surface area contributed by atoms with Gasteiger partial charge in [-0.3, -0.25) is 4.79 Å². The van der Waals surface area contributed by atoms with Gasteiger partial charge < -0.3 is 15.3 Å². The molecular formula is C12H20N2O3S. The molecule has 0 saturated carbocycles. The van der Waals surface area contributed by atoms with Crippen molar-refractivity contribution in [3.8, 4) is 0 Å². The topological polar surface area (TPSA) is 69.6 Å². The average molecular weight is 272 g/mol. The number of amides is 1. The summed E-state index contributed by atoms with van der Waals surface area (Å²) in [5, 5.41) is 12.5. The molecule has 0 aromatic heterocycles. The number of carboxylic acid groups (broad SMARTS) is 1. The molecule has 2 fully saturated rings. The number of carbonyl (C=O) groups excluding carboxylic acids is 1. The van der Waals surface area contributed by atoms with E-state index in [9.17, 15) is 14.7 Å². The minimum absolute atomic E-state index is 0.00222. The quantitative estimate of drug-likeness (QED) is 0.762. The second-order valence-corrected chi connectivity index (χ2v) is 6.42. The molecule has 102 valence electrons. The lowest BCUT2D eigenvalue weighted by Crippen LogP contribution is -2.57. The van der Waals surface area contributed by atoms with E-state index in [2.05, 4.69) is 5.32 Å². The van der Waals surface area contributed by atoms with Crippen LogP contribution in [-0.4, -0.2) is 59.1 Å². The molecule has 0 bridgehead atoms. The molecule has 0 spiro atoms. The van der Waals surface area contributed by atoms with Crippen LogP contribution in [0.2, 0.25) is 0 Å². The molecular weight excluding hydrogens is 252 g/mol. The van der Waals surface area contributed by atoms with Gasteiger partial charge >= 0.3 is 5.97 Å². The molecule has 2 saturated heterocycles. The zero-order valence-corrected chi connectivity index (χ0v) is 11.5. The molecule has 0 aromatic carbocycles. The maximum absolute atomic E-state index is 12.6. The molecule has 2 unspecified atom stereocenters. The molecule has 2 aliphatic rings. The second-order valence-electron chi connectivity index (χ2n) is 5.27. The Morgan fingerprint density at radius 2 is 2.28 bits per heavy atom. The second kappa shape index (κ2) is 5.48. The Bertz CT molecular complexity index is 342. The van der Waals surface area contributed by atoms with Crippen LogP contribution in [0, 0.1) is 5.41 Å². The fourth-order valence-electron chi connectivity index (χ4n) is 2.64. The van der Waals surface area contributed by atoms with Crippen LogP contribution >= 0.6 is 11.8 Å². The summed E-state index contributed by atoms with van der Waals surface area (Å²) in [6.07, 6.45) is 1.82. The lowest BCUT2D eigenvalue weighted by atomic mass is 9.81. The number of piperidine rings is 1. The van der Waals surface area contributed by atoms with Gasteiger partial charge in [-0.25, -0.2) is 4.79 Å². The molecule has 2 aliphatic heterocycles. The highest BCUT2D eigenvalue weighted by Gasteiger charge is 2.42. The molecule has 2 atom stereocenters. The zero-order chi connectivity index (χ0) is 13.2. The lowest BCUT2D eigenvalue weighted by molar-refractivity contribution is -0.154. The summed E-state index contributed by atoms with van der Waals surface area (Å²) in [6.45, 7) is 4.10. The van der Waals surface area contributed by atoms with Gasteiger partial charge in [0.2, 0.25) is 5.91 Å². The summed E-state index contributed by atoms with van der Waals surface area (Å²) in [6, 6.07) is -0.657. The van der Waals surface area contributed by atoms with E-state index < -0.39 is 17.4 Å². The Balaban J connectivity index is 2.12. The van der Waals surface area contributed by atoms with Crippen LogP contribution < -0.4 is 5.32 Å². The number of nitrogens with one attached hydrogen (secondary N) is 1. The van der Waals surface area contributed by atoms with Gasteiger partial charge in [-0.1, -0.05) is 0 Å². The van der Waals surface area contributed by atoms with Crippen molar-refractivity contribution >= 4 is 23.6 Å². The van der Waals surface area contributed by atoms with Crippen molar-refractivity contribution in [1.29, 1.82) is 0 Å². The molecule has 6 heteroatoms. The van der Waals surface area contributed by atoms with Crippen LogP contribution in [0.15, 0.2) is 0 Å². The number of rotatable bonds is 2. The first-order chi connectivity index (χ1) is 8.54. The third kappa shape index (κ3) is 2.64. The first-order valence-corrected chi connectivity index (χ1v) is 7.52. The lowest BCUT2D eigenvalue weighted by Gasteiger charge is -2.41. The van der Waals surface area contributed by atoms with E-state index in [0.717, 1.165) is 25.1 Å². The Morgan fingerprint density at radius 3 is 2.89 bits per heavy atom. The largest absolute Gasteiger partial charge is 0.480 e. The fraction of sp³-hybridized carbons (Fsp3) is 0.833. The number of thioether (sulfide) groups is 1. The summed E-state index contributed by atoms with van der Waals surface area (Å²) >= 11 is 1.61. The van der Waals surface area contributed by atoms with Crippen molar-refractivity contribution in [3.63, 3.8) is 0 Å². The highest BCUT2D eigenvalue weighted by Crippen LogP contribution is 2.30. The van der Waals surface area contributed by atoms with E-state index in [-0.39, 0.29) is 5.91 Å². The third-order valence-electron chi connectivity index (χ3n) is 3.79. The molecule has 1 amide bonds. The summed E-state index contributed by atoms with van der Waals surface area (Å²) < 4.78 is 0. The minimum Gasteiger partial charge on any atom is -0.480 e. The molecule has 0 radical (unpaired) electrons. The van der Waals surface area contributed by atoms with E-state index in [0.29, 0.717) is 18.8 Å². The number of carboxylic acids is 1. The van der Waals surface area contributed by atoms with Gasteiger partial charge in [0.15, 0.2) is 0 Å². The molecule has 0 aromatic rings. The van der Waals surface area contributed by atoms with Gasteiger partial charge in [0, 0.05) is 24.6 Å². The summed E-state index contributed by atoms with van der Waals surface area (Å²) in [7, 11) is 0. The first kappa shape index (κ1) is 13.7. The maximum Gasteiger partial charge on any atom is 0.327 e. The average Bonchev–Trinajstić information content (AvgIpc) is 2.38. The minimum atomic E-state index is -0.886. The van der Waals surface area contributed by atoms with Crippen LogP contribution in [0.1, 0.15) is 19.8 Å². The summed E-state index contributed by atoms with van der Waals surface area (Å²) in [4.78, 5) is 25.4. The number of hydrogen-bond acceptors (Lipinski definition) is 4. The van der Waals surface area contributed by atoms with E-state index in [1.54, 1.807) is 16.7 Å². The van der Waals surface area contributed by atoms with E-state index in [1.165, 1.54) is 0 Å². The van der Waals surface area contributed by atoms with Gasteiger partial charge in [-0.05, 0) is 26.3 Å². The molecule has 0 aliphatic carbocycles. The molecule has 18 heavy (non-hydrogen) atoms. The van der Waals surface area contributed by atoms with Crippen molar-refractivity contribution in [2.75, 3.05) is 31.1 Å². The Kier molecular flexibility index (Phi) is 4.17. The number of hydrogen-bond donors (Lipinski definition) is 2. The van der Waals surface area contributed by atoms with Gasteiger partial charge in [0.1, 0.15) is 6.04 Å². The van der Waals surface area contributed by atoms with Crippen molar-refractivity contribution < 1.29 is 14.7 Å². The van der Waals surface area contributed by atoms with Crippen molar-refractivity contribution in [3.05, 3.63) is 0 Å². The van der Waals surface area contributed by atoms with Gasteiger partial charge in [0.05, 0.1) is 5.41 Å². The smallest absolute Gasteiger partial charge is 0.327 e. The Hall–Kier alpha value is -0.750. The number of nitrogens with zero attached hydrogens (tertiary/aromatic N) is 1. The predicted molar refractivity (Wildman–Crippen MR) is 70.7 cm³/mol. The van der Waals surface area contributed by atoms with Crippen LogP contribution in [0.3, 0.4) is 0 Å². The van der Waals surface area contributed by atoms with Crippen LogP contribution in [0.5, 0.6) is 0 Å². The highest BCUT2D eigenvalue weighted by atomic mass is 32.2. The van der Waals surface area contributed by atoms with E-state index in [4.69, 9.17) is 0 Å². The molecule has 2 heterocycles. The highest BCUT2D eigenvalue weighted by molar-refractivity contribution is 7.99. The zero-order valence-electron chi connectivity index (χ0n) is 10.6. The van der Waals surface area contributed by atoms with Gasteiger partial charge in [-0.15, -0.1) is 0 Å². The van der Waals surface area contributed by atoms with Crippen molar-refractivity contribution in [2.45, 2.75) is 25.8 Å². The first-order valence-electron chi connectivity index (χ1n) is 6.37. The SMILES string of the molecule is CC1(C(=O)N2CCSCC2C(=O)O)CCCNC1. The summed E-state index contributed by atoms with van der Waals surface area (Å²) in [5.74, 6) is 0.453. The van der Waals surface area contributed by atoms with Gasteiger partial charge in [-0.2, -0.15) is 11.8 Å². The third-order valence-corrected chi connectivity index (χ3v) is 4.81. The van der Waals surface area contributed by atoms with Crippen molar-refractivity contribution in [2.24, 2.45) is 5.41 Å². The van der Waals surface area contributed by atoms with Crippen LogP contribution in [-0.2, 0) is 9.59 Å². The fourth-order valence-corrected chi connectivity index (χ4v) is 3.68. The standard InChI is InChI=1S/C12H20N2O3S/c1-12(3-2-4-13-8-12)11(17)14-5-6-18-7-9(14)10(15)16/h9,13H,2-8H2,1H3,(H,15,16). The predicted octanol–water partition coefficient (Wildman–Crippen LogP) is 0.405. The van der Waals surface area contributed by atoms with E-state index in [1.807, 2.05) is 6.92 Å². The van der Waals surface area contributed by atoms with Gasteiger partial charge in [0.25, 0.3) is 0 Å². The van der Waals surface area contributed by atoms with E-state index >= 15 is 0 Å². The molecule has 2 rings (SSSR count). The maximum atomic E-state index is 12.6. The van der Waals surface area contributed by atoms with Crippen LogP contribution in [0.25, 0.3) is 0 Å². The Morgan fingerprint density at radius 1 is 1.50 bits per heavy atom.